The van der Waals surface area contributed by atoms with Gasteiger partial charge in [0.05, 0.1) is 24.3 Å². The molecule has 1 aromatic rings. The molecule has 0 spiro atoms. The van der Waals surface area contributed by atoms with Gasteiger partial charge in [-0.2, -0.15) is 17.0 Å². The van der Waals surface area contributed by atoms with E-state index in [1.54, 1.807) is 23.1 Å². The van der Waals surface area contributed by atoms with E-state index in [0.717, 1.165) is 17.2 Å². The number of aromatic nitrogens is 1. The van der Waals surface area contributed by atoms with Crippen LogP contribution in [-0.4, -0.2) is 29.8 Å². The molecular weight excluding hydrogens is 266 g/mol. The topological polar surface area (TPSA) is 73.1 Å². The number of terminal acetylenes is 1. The van der Waals surface area contributed by atoms with Crippen LogP contribution in [0.2, 0.25) is 0 Å². The third kappa shape index (κ3) is 6.14. The summed E-state index contributed by atoms with van der Waals surface area (Å²) in [6, 6.07) is 0. The molecule has 0 radical (unpaired) electrons. The Morgan fingerprint density at radius 2 is 2.56 bits per heavy atom. The maximum absolute atomic E-state index is 8.52. The highest BCUT2D eigenvalue weighted by Gasteiger charge is 1.97. The van der Waals surface area contributed by atoms with Gasteiger partial charge in [0, 0.05) is 16.9 Å². The highest BCUT2D eigenvalue weighted by Crippen LogP contribution is 2.11. The number of hydrogen-bond donors (Lipinski definition) is 2. The van der Waals surface area contributed by atoms with E-state index in [1.807, 2.05) is 17.1 Å². The minimum Gasteiger partial charge on any atom is -0.345 e. The van der Waals surface area contributed by atoms with Crippen molar-refractivity contribution in [2.75, 3.05) is 18.8 Å². The summed E-state index contributed by atoms with van der Waals surface area (Å²) in [5, 5.41) is 15.8. The second-order valence-electron chi connectivity index (χ2n) is 3.06. The Morgan fingerprint density at radius 3 is 3.22 bits per heavy atom. The molecule has 0 saturated heterocycles. The fourth-order valence-electron chi connectivity index (χ4n) is 1.03. The van der Waals surface area contributed by atoms with Crippen molar-refractivity contribution >= 4 is 29.1 Å². The zero-order chi connectivity index (χ0) is 13.1. The molecule has 18 heavy (non-hydrogen) atoms. The lowest BCUT2D eigenvalue weighted by Crippen LogP contribution is -2.34. The smallest absolute Gasteiger partial charge is 0.205 e. The average molecular weight is 279 g/mol. The van der Waals surface area contributed by atoms with Crippen molar-refractivity contribution in [2.24, 2.45) is 4.99 Å². The molecule has 0 fully saturated rings. The standard InChI is InChI=1S/C11H13N5S2/c1-2-3-13-11(15-8-12)14-4-5-17-6-10-7-18-9-16-10/h1,7,9H,3-6H2,(H2,13,14,15). The number of thiazole rings is 1. The van der Waals surface area contributed by atoms with Crippen LogP contribution in [0.4, 0.5) is 0 Å². The summed E-state index contributed by atoms with van der Waals surface area (Å²) in [6.07, 6.45) is 6.93. The Bertz CT molecular complexity index is 441. The lowest BCUT2D eigenvalue weighted by atomic mass is 10.6. The molecular formula is C11H13N5S2. The maximum Gasteiger partial charge on any atom is 0.205 e. The molecule has 0 aromatic carbocycles. The first-order chi connectivity index (χ1) is 8.86. The molecule has 1 heterocycles. The van der Waals surface area contributed by atoms with Crippen LogP contribution in [0, 0.1) is 23.8 Å². The Balaban J connectivity index is 2.20. The van der Waals surface area contributed by atoms with Crippen molar-refractivity contribution in [3.8, 4) is 18.5 Å². The van der Waals surface area contributed by atoms with Gasteiger partial charge in [-0.1, -0.05) is 5.92 Å². The maximum atomic E-state index is 8.52. The predicted octanol–water partition coefficient (Wildman–Crippen LogP) is 1.03. The summed E-state index contributed by atoms with van der Waals surface area (Å²) in [6.45, 7) is 0.968. The molecule has 0 saturated carbocycles. The van der Waals surface area contributed by atoms with Gasteiger partial charge < -0.3 is 5.32 Å². The lowest BCUT2D eigenvalue weighted by molar-refractivity contribution is 0.967. The average Bonchev–Trinajstić information content (AvgIpc) is 2.88. The van der Waals surface area contributed by atoms with Gasteiger partial charge >= 0.3 is 0 Å². The van der Waals surface area contributed by atoms with Crippen LogP contribution in [-0.2, 0) is 5.75 Å². The van der Waals surface area contributed by atoms with Gasteiger partial charge in [-0.3, -0.25) is 10.3 Å². The van der Waals surface area contributed by atoms with Crippen LogP contribution < -0.4 is 10.6 Å². The molecule has 0 bridgehead atoms. The molecule has 1 aromatic heterocycles. The first kappa shape index (κ1) is 14.4. The van der Waals surface area contributed by atoms with Crippen molar-refractivity contribution < 1.29 is 0 Å². The van der Waals surface area contributed by atoms with E-state index in [2.05, 4.69) is 26.5 Å². The second kappa shape index (κ2) is 9.34. The molecule has 94 valence electrons. The molecule has 0 aliphatic carbocycles. The molecule has 0 unspecified atom stereocenters. The number of nitrogens with zero attached hydrogens (tertiary/aromatic N) is 3. The van der Waals surface area contributed by atoms with E-state index in [4.69, 9.17) is 11.7 Å². The van der Waals surface area contributed by atoms with E-state index in [1.165, 1.54) is 0 Å². The van der Waals surface area contributed by atoms with Crippen LogP contribution >= 0.6 is 23.1 Å². The Kier molecular flexibility index (Phi) is 7.45. The molecule has 0 aliphatic heterocycles. The monoisotopic (exact) mass is 279 g/mol. The van der Waals surface area contributed by atoms with Gasteiger partial charge in [-0.05, 0) is 0 Å². The summed E-state index contributed by atoms with van der Waals surface area (Å²) in [4.78, 5) is 8.40. The predicted molar refractivity (Wildman–Crippen MR) is 76.2 cm³/mol. The van der Waals surface area contributed by atoms with Crippen LogP contribution in [0.5, 0.6) is 0 Å². The van der Waals surface area contributed by atoms with Crippen molar-refractivity contribution in [3.63, 3.8) is 0 Å². The van der Waals surface area contributed by atoms with Gasteiger partial charge in [-0.25, -0.2) is 4.98 Å². The van der Waals surface area contributed by atoms with E-state index < -0.39 is 0 Å². The van der Waals surface area contributed by atoms with Crippen LogP contribution in [0.3, 0.4) is 0 Å². The number of aliphatic imine (C=N–C) groups is 1. The summed E-state index contributed by atoms with van der Waals surface area (Å²) in [7, 11) is 0. The minimum absolute atomic E-state index is 0.347. The molecule has 1 rings (SSSR count). The van der Waals surface area contributed by atoms with E-state index >= 15 is 0 Å². The number of guanidine groups is 1. The molecule has 7 heteroatoms. The van der Waals surface area contributed by atoms with Gasteiger partial charge in [0.25, 0.3) is 0 Å². The molecule has 0 aliphatic rings. The molecule has 0 amide bonds. The largest absolute Gasteiger partial charge is 0.345 e. The van der Waals surface area contributed by atoms with Gasteiger partial charge in [0.1, 0.15) is 0 Å². The Hall–Kier alpha value is -1.70. The highest BCUT2D eigenvalue weighted by atomic mass is 32.2. The van der Waals surface area contributed by atoms with E-state index in [0.29, 0.717) is 19.0 Å². The normalized spacial score (nSPS) is 10.4. The first-order valence-corrected chi connectivity index (χ1v) is 7.28. The third-order valence-electron chi connectivity index (χ3n) is 1.77. The SMILES string of the molecule is C#CCN/C(=N/CCSCc1cscn1)NC#N. The number of rotatable bonds is 6. The van der Waals surface area contributed by atoms with Crippen molar-refractivity contribution in [1.82, 2.24) is 15.6 Å². The lowest BCUT2D eigenvalue weighted by Gasteiger charge is -2.04. The second-order valence-corrected chi connectivity index (χ2v) is 4.88. The Morgan fingerprint density at radius 1 is 1.67 bits per heavy atom. The number of thioether (sulfide) groups is 1. The highest BCUT2D eigenvalue weighted by molar-refractivity contribution is 7.98. The quantitative estimate of drug-likeness (QED) is 0.203. The molecule has 5 nitrogen and oxygen atoms in total. The van der Waals surface area contributed by atoms with Gasteiger partial charge in [0.2, 0.25) is 5.96 Å². The van der Waals surface area contributed by atoms with E-state index in [-0.39, 0.29) is 0 Å². The van der Waals surface area contributed by atoms with Gasteiger partial charge in [-0.15, -0.1) is 17.8 Å². The summed E-state index contributed by atoms with van der Waals surface area (Å²) in [5.41, 5.74) is 2.92. The fraction of sp³-hybridized carbons (Fsp3) is 0.364. The molecule has 0 atom stereocenters. The van der Waals surface area contributed by atoms with Crippen molar-refractivity contribution in [2.45, 2.75) is 5.75 Å². The first-order valence-electron chi connectivity index (χ1n) is 5.18. The zero-order valence-electron chi connectivity index (χ0n) is 9.72. The van der Waals surface area contributed by atoms with Gasteiger partial charge in [0.15, 0.2) is 6.19 Å². The number of nitriles is 1. The summed E-state index contributed by atoms with van der Waals surface area (Å²) in [5.74, 6) is 4.60. The minimum atomic E-state index is 0.347. The van der Waals surface area contributed by atoms with E-state index in [9.17, 15) is 0 Å². The fourth-order valence-corrected chi connectivity index (χ4v) is 2.43. The summed E-state index contributed by atoms with van der Waals surface area (Å²) >= 11 is 3.35. The number of hydrogen-bond acceptors (Lipinski definition) is 5. The number of nitrogens with one attached hydrogen (secondary N) is 2. The third-order valence-corrected chi connectivity index (χ3v) is 3.38. The van der Waals surface area contributed by atoms with Crippen molar-refractivity contribution in [3.05, 3.63) is 16.6 Å². The van der Waals surface area contributed by atoms with Crippen molar-refractivity contribution in [1.29, 1.82) is 5.26 Å². The Labute approximate surface area is 115 Å². The van der Waals surface area contributed by atoms with Crippen LogP contribution in [0.25, 0.3) is 0 Å². The molecule has 2 N–H and O–H groups in total. The zero-order valence-corrected chi connectivity index (χ0v) is 11.4. The summed E-state index contributed by atoms with van der Waals surface area (Å²) < 4.78 is 0. The van der Waals surface area contributed by atoms with Crippen LogP contribution in [0.1, 0.15) is 5.69 Å². The van der Waals surface area contributed by atoms with Crippen LogP contribution in [0.15, 0.2) is 15.9 Å².